The fourth-order valence-electron chi connectivity index (χ4n) is 1.63. The van der Waals surface area contributed by atoms with Gasteiger partial charge in [-0.25, -0.2) is 0 Å². The Hall–Kier alpha value is -1.44. The topological polar surface area (TPSA) is 34.1 Å². The van der Waals surface area contributed by atoms with Crippen LogP contribution in [0.5, 0.6) is 0 Å². The monoisotopic (exact) mass is 173 g/mol. The minimum Gasteiger partial charge on any atom is -0.293 e. The molecule has 0 bridgehead atoms. The molecule has 1 aliphatic carbocycles. The Morgan fingerprint density at radius 1 is 1.00 bits per heavy atom. The Morgan fingerprint density at radius 3 is 1.85 bits per heavy atom. The van der Waals surface area contributed by atoms with Crippen molar-refractivity contribution in [2.24, 2.45) is 0 Å². The van der Waals surface area contributed by atoms with E-state index in [1.165, 1.54) is 0 Å². The van der Waals surface area contributed by atoms with Crippen molar-refractivity contribution in [3.63, 3.8) is 0 Å². The highest BCUT2D eigenvalue weighted by molar-refractivity contribution is 6.36. The molecule has 0 unspecified atom stereocenters. The minimum atomic E-state index is -0.0944. The van der Waals surface area contributed by atoms with Gasteiger partial charge >= 0.3 is 0 Å². The van der Waals surface area contributed by atoms with Crippen molar-refractivity contribution in [1.29, 1.82) is 0 Å². The average Bonchev–Trinajstić information content (AvgIpc) is 2.41. The third-order valence-electron chi connectivity index (χ3n) is 2.32. The summed E-state index contributed by atoms with van der Waals surface area (Å²) in [5, 5.41) is 0. The molecule has 2 nitrogen and oxygen atoms in total. The van der Waals surface area contributed by atoms with Gasteiger partial charge in [0.15, 0.2) is 11.6 Å². The van der Waals surface area contributed by atoms with Crippen LogP contribution in [0.3, 0.4) is 0 Å². The quantitative estimate of drug-likeness (QED) is 0.651. The van der Waals surface area contributed by atoms with Crippen LogP contribution in [0.25, 0.3) is 0 Å². The van der Waals surface area contributed by atoms with Gasteiger partial charge in [0.25, 0.3) is 0 Å². The molecule has 0 heterocycles. The molecule has 1 aromatic carbocycles. The standard InChI is InChI=1S/C11H9O2/c1-2-7-10(12)8-5-3-4-6-9(8)11(7)13/h3-6H,2H2,1H3. The van der Waals surface area contributed by atoms with E-state index in [2.05, 4.69) is 0 Å². The Bertz CT molecular complexity index is 344. The van der Waals surface area contributed by atoms with Crippen molar-refractivity contribution in [2.45, 2.75) is 13.3 Å². The third kappa shape index (κ3) is 1.02. The molecule has 0 fully saturated rings. The smallest absolute Gasteiger partial charge is 0.179 e. The van der Waals surface area contributed by atoms with Crippen LogP contribution < -0.4 is 0 Å². The van der Waals surface area contributed by atoms with Crippen molar-refractivity contribution in [3.8, 4) is 0 Å². The van der Waals surface area contributed by atoms with Crippen LogP contribution in [-0.4, -0.2) is 11.6 Å². The maximum atomic E-state index is 11.6. The molecule has 1 radical (unpaired) electrons. The number of fused-ring (bicyclic) bond motifs is 1. The molecule has 2 heteroatoms. The van der Waals surface area contributed by atoms with E-state index >= 15 is 0 Å². The second kappa shape index (κ2) is 2.80. The number of carbonyl (C=O) groups excluding carboxylic acids is 2. The van der Waals surface area contributed by atoms with E-state index in [-0.39, 0.29) is 11.6 Å². The summed E-state index contributed by atoms with van der Waals surface area (Å²) in [5.74, 6) is 0.229. The van der Waals surface area contributed by atoms with E-state index < -0.39 is 0 Å². The van der Waals surface area contributed by atoms with Gasteiger partial charge in [-0.3, -0.25) is 9.59 Å². The van der Waals surface area contributed by atoms with E-state index in [9.17, 15) is 9.59 Å². The molecule has 0 amide bonds. The number of ketones is 2. The summed E-state index contributed by atoms with van der Waals surface area (Å²) in [6.07, 6.45) is 0.520. The lowest BCUT2D eigenvalue weighted by molar-refractivity contribution is 0.0946. The zero-order chi connectivity index (χ0) is 9.42. The molecule has 0 atom stereocenters. The Balaban J connectivity index is 2.57. The van der Waals surface area contributed by atoms with E-state index in [1.54, 1.807) is 24.3 Å². The summed E-state index contributed by atoms with van der Waals surface area (Å²) in [7, 11) is 0. The fraction of sp³-hybridized carbons (Fsp3) is 0.182. The molecule has 13 heavy (non-hydrogen) atoms. The molecule has 1 aromatic rings. The van der Waals surface area contributed by atoms with Gasteiger partial charge in [-0.15, -0.1) is 0 Å². The molecular formula is C11H9O2. The average molecular weight is 173 g/mol. The second-order valence-electron chi connectivity index (χ2n) is 3.04. The maximum absolute atomic E-state index is 11.6. The summed E-state index contributed by atoms with van der Waals surface area (Å²) in [6.45, 7) is 1.83. The van der Waals surface area contributed by atoms with Crippen LogP contribution in [0.4, 0.5) is 0 Å². The van der Waals surface area contributed by atoms with Crippen molar-refractivity contribution in [3.05, 3.63) is 41.3 Å². The van der Waals surface area contributed by atoms with Gasteiger partial charge < -0.3 is 0 Å². The number of hydrogen-bond donors (Lipinski definition) is 0. The van der Waals surface area contributed by atoms with E-state index in [4.69, 9.17) is 0 Å². The minimum absolute atomic E-state index is 0.0944. The number of Topliss-reactive ketones (excluding diaryl/α,β-unsaturated/α-hetero) is 2. The van der Waals surface area contributed by atoms with Crippen molar-refractivity contribution in [2.75, 3.05) is 0 Å². The van der Waals surface area contributed by atoms with Crippen molar-refractivity contribution < 1.29 is 9.59 Å². The highest BCUT2D eigenvalue weighted by atomic mass is 16.2. The highest BCUT2D eigenvalue weighted by Crippen LogP contribution is 2.29. The fourth-order valence-corrected chi connectivity index (χ4v) is 1.63. The van der Waals surface area contributed by atoms with Gasteiger partial charge in [-0.1, -0.05) is 31.2 Å². The van der Waals surface area contributed by atoms with E-state index in [1.807, 2.05) is 6.92 Å². The van der Waals surface area contributed by atoms with E-state index in [0.29, 0.717) is 23.5 Å². The zero-order valence-corrected chi connectivity index (χ0v) is 7.33. The van der Waals surface area contributed by atoms with Crippen LogP contribution in [-0.2, 0) is 0 Å². The summed E-state index contributed by atoms with van der Waals surface area (Å²) < 4.78 is 0. The first kappa shape index (κ1) is 8.17. The highest BCUT2D eigenvalue weighted by Gasteiger charge is 2.37. The summed E-state index contributed by atoms with van der Waals surface area (Å²) in [4.78, 5) is 23.2. The number of benzene rings is 1. The lowest BCUT2D eigenvalue weighted by atomic mass is 10.0. The second-order valence-corrected chi connectivity index (χ2v) is 3.04. The molecule has 0 saturated carbocycles. The predicted molar refractivity (Wildman–Crippen MR) is 48.6 cm³/mol. The molecule has 1 aliphatic rings. The molecule has 0 aliphatic heterocycles. The molecule has 0 aromatic heterocycles. The van der Waals surface area contributed by atoms with Gasteiger partial charge in [-0.2, -0.15) is 0 Å². The van der Waals surface area contributed by atoms with Crippen LogP contribution in [0.1, 0.15) is 34.1 Å². The number of rotatable bonds is 1. The molecule has 0 spiro atoms. The lowest BCUT2D eigenvalue weighted by Crippen LogP contribution is -2.10. The van der Waals surface area contributed by atoms with Crippen molar-refractivity contribution in [1.82, 2.24) is 0 Å². The van der Waals surface area contributed by atoms with Gasteiger partial charge in [0.1, 0.15) is 5.92 Å². The van der Waals surface area contributed by atoms with Gasteiger partial charge in [0, 0.05) is 11.1 Å². The molecule has 2 rings (SSSR count). The third-order valence-corrected chi connectivity index (χ3v) is 2.32. The Labute approximate surface area is 76.6 Å². The van der Waals surface area contributed by atoms with E-state index in [0.717, 1.165) is 0 Å². The molecule has 0 saturated heterocycles. The Kier molecular flexibility index (Phi) is 1.76. The van der Waals surface area contributed by atoms with Gasteiger partial charge in [0.05, 0.1) is 0 Å². The van der Waals surface area contributed by atoms with Crippen LogP contribution >= 0.6 is 0 Å². The van der Waals surface area contributed by atoms with Crippen molar-refractivity contribution >= 4 is 11.6 Å². The molecule has 0 N–H and O–H groups in total. The Morgan fingerprint density at radius 2 is 1.46 bits per heavy atom. The number of carbonyl (C=O) groups is 2. The van der Waals surface area contributed by atoms with Crippen LogP contribution in [0, 0.1) is 5.92 Å². The summed E-state index contributed by atoms with van der Waals surface area (Å²) in [6, 6.07) is 6.97. The first-order valence-electron chi connectivity index (χ1n) is 4.30. The first-order valence-corrected chi connectivity index (χ1v) is 4.30. The predicted octanol–water partition coefficient (Wildman–Crippen LogP) is 2.05. The summed E-state index contributed by atoms with van der Waals surface area (Å²) >= 11 is 0. The van der Waals surface area contributed by atoms with Crippen LogP contribution in [0.15, 0.2) is 24.3 Å². The molecule has 65 valence electrons. The maximum Gasteiger partial charge on any atom is 0.179 e. The molecular weight excluding hydrogens is 164 g/mol. The normalized spacial score (nSPS) is 16.4. The van der Waals surface area contributed by atoms with Gasteiger partial charge in [0.2, 0.25) is 0 Å². The van der Waals surface area contributed by atoms with Gasteiger partial charge in [-0.05, 0) is 6.42 Å². The first-order chi connectivity index (χ1) is 6.25. The SMILES string of the molecule is CC[C]1C(=O)c2ccccc2C1=O. The van der Waals surface area contributed by atoms with Crippen LogP contribution in [0.2, 0.25) is 0 Å². The number of hydrogen-bond acceptors (Lipinski definition) is 2. The lowest BCUT2D eigenvalue weighted by Gasteiger charge is -1.97. The summed E-state index contributed by atoms with van der Waals surface area (Å²) in [5.41, 5.74) is 1.12. The largest absolute Gasteiger partial charge is 0.293 e. The zero-order valence-electron chi connectivity index (χ0n) is 7.33.